The lowest BCUT2D eigenvalue weighted by atomic mass is 10.1. The van der Waals surface area contributed by atoms with Crippen molar-refractivity contribution in [3.63, 3.8) is 0 Å². The molecule has 1 atom stereocenters. The van der Waals surface area contributed by atoms with E-state index in [4.69, 9.17) is 21.1 Å². The molecular weight excluding hydrogens is 487 g/mol. The number of carbonyl (C=O) groups excluding carboxylic acids is 3. The van der Waals surface area contributed by atoms with Crippen LogP contribution in [0.5, 0.6) is 11.5 Å². The number of ether oxygens (including phenoxy) is 2. The van der Waals surface area contributed by atoms with Crippen LogP contribution in [0.2, 0.25) is 5.02 Å². The molecular formula is C27H24ClFN2O5. The van der Waals surface area contributed by atoms with E-state index < -0.39 is 29.6 Å². The first kappa shape index (κ1) is 25.2. The predicted molar refractivity (Wildman–Crippen MR) is 133 cm³/mol. The Labute approximate surface area is 213 Å². The van der Waals surface area contributed by atoms with E-state index in [0.29, 0.717) is 28.5 Å². The molecule has 1 heterocycles. The highest BCUT2D eigenvalue weighted by atomic mass is 35.5. The van der Waals surface area contributed by atoms with Crippen LogP contribution in [0.25, 0.3) is 0 Å². The lowest BCUT2D eigenvalue weighted by Crippen LogP contribution is -2.46. The van der Waals surface area contributed by atoms with Crippen molar-refractivity contribution in [2.45, 2.75) is 18.9 Å². The summed E-state index contributed by atoms with van der Waals surface area (Å²) in [6, 6.07) is 15.8. The molecule has 0 N–H and O–H groups in total. The van der Waals surface area contributed by atoms with Crippen molar-refractivity contribution in [1.29, 1.82) is 0 Å². The molecule has 1 saturated heterocycles. The molecule has 1 aliphatic rings. The number of anilines is 1. The third-order valence-corrected chi connectivity index (χ3v) is 6.28. The number of methoxy groups -OCH3 is 2. The summed E-state index contributed by atoms with van der Waals surface area (Å²) in [5.41, 5.74) is 1.45. The molecule has 0 spiro atoms. The van der Waals surface area contributed by atoms with Gasteiger partial charge in [-0.2, -0.15) is 0 Å². The second-order valence-electron chi connectivity index (χ2n) is 8.21. The maximum absolute atomic E-state index is 13.5. The van der Waals surface area contributed by atoms with Crippen LogP contribution in [0.15, 0.2) is 66.7 Å². The number of imide groups is 1. The summed E-state index contributed by atoms with van der Waals surface area (Å²) in [5, 5.41) is 0.470. The first-order valence-corrected chi connectivity index (χ1v) is 11.6. The van der Waals surface area contributed by atoms with Gasteiger partial charge in [0.05, 0.1) is 26.3 Å². The zero-order valence-electron chi connectivity index (χ0n) is 19.7. The largest absolute Gasteiger partial charge is 0.493 e. The summed E-state index contributed by atoms with van der Waals surface area (Å²) in [4.78, 5) is 42.2. The molecule has 0 aliphatic carbocycles. The van der Waals surface area contributed by atoms with Crippen molar-refractivity contribution in [3.8, 4) is 11.5 Å². The Morgan fingerprint density at radius 1 is 1.00 bits per heavy atom. The molecule has 3 amide bonds. The quantitative estimate of drug-likeness (QED) is 0.417. The molecule has 3 aromatic rings. The van der Waals surface area contributed by atoms with E-state index in [1.165, 1.54) is 36.3 Å². The molecule has 9 heteroatoms. The molecule has 0 unspecified atom stereocenters. The second-order valence-corrected chi connectivity index (χ2v) is 8.64. The van der Waals surface area contributed by atoms with Gasteiger partial charge in [0.25, 0.3) is 11.8 Å². The number of nitrogens with zero attached hydrogens (tertiary/aromatic N) is 2. The molecule has 3 aromatic carbocycles. The third-order valence-electron chi connectivity index (χ3n) is 6.03. The summed E-state index contributed by atoms with van der Waals surface area (Å²) in [6.45, 7) is 0.165. The number of halogens is 2. The van der Waals surface area contributed by atoms with Crippen LogP contribution in [-0.4, -0.2) is 49.4 Å². The number of rotatable bonds is 8. The van der Waals surface area contributed by atoms with Gasteiger partial charge in [-0.3, -0.25) is 14.4 Å². The Bertz CT molecular complexity index is 1280. The van der Waals surface area contributed by atoms with Crippen molar-refractivity contribution in [3.05, 3.63) is 88.7 Å². The van der Waals surface area contributed by atoms with Crippen LogP contribution < -0.4 is 14.4 Å². The van der Waals surface area contributed by atoms with Gasteiger partial charge in [-0.15, -0.1) is 0 Å². The van der Waals surface area contributed by atoms with Crippen LogP contribution in [0.1, 0.15) is 22.3 Å². The molecule has 0 saturated carbocycles. The summed E-state index contributed by atoms with van der Waals surface area (Å²) < 4.78 is 24.0. The number of hydrogen-bond acceptors (Lipinski definition) is 5. The molecule has 4 rings (SSSR count). The number of benzene rings is 3. The number of hydrogen-bond donors (Lipinski definition) is 0. The van der Waals surface area contributed by atoms with Gasteiger partial charge in [0, 0.05) is 17.1 Å². The van der Waals surface area contributed by atoms with Gasteiger partial charge in [-0.1, -0.05) is 17.7 Å². The topological polar surface area (TPSA) is 76.2 Å². The van der Waals surface area contributed by atoms with Gasteiger partial charge < -0.3 is 14.4 Å². The summed E-state index contributed by atoms with van der Waals surface area (Å²) in [5.74, 6) is -0.775. The average Bonchev–Trinajstić information content (AvgIpc) is 3.18. The van der Waals surface area contributed by atoms with E-state index in [-0.39, 0.29) is 18.7 Å². The van der Waals surface area contributed by atoms with Crippen LogP contribution in [0.4, 0.5) is 10.1 Å². The van der Waals surface area contributed by atoms with Crippen LogP contribution in [0, 0.1) is 5.82 Å². The molecule has 36 heavy (non-hydrogen) atoms. The number of carbonyl (C=O) groups is 3. The number of amides is 3. The van der Waals surface area contributed by atoms with E-state index in [0.717, 1.165) is 10.5 Å². The van der Waals surface area contributed by atoms with Crippen molar-refractivity contribution in [2.75, 3.05) is 25.7 Å². The summed E-state index contributed by atoms with van der Waals surface area (Å²) >= 11 is 5.98. The van der Waals surface area contributed by atoms with Crippen LogP contribution in [-0.2, 0) is 16.0 Å². The molecule has 1 fully saturated rings. The van der Waals surface area contributed by atoms with Crippen LogP contribution >= 0.6 is 11.6 Å². The van der Waals surface area contributed by atoms with E-state index in [1.807, 2.05) is 6.07 Å². The first-order chi connectivity index (χ1) is 17.3. The highest BCUT2D eigenvalue weighted by molar-refractivity contribution is 6.30. The van der Waals surface area contributed by atoms with Crippen molar-refractivity contribution >= 4 is 35.0 Å². The Morgan fingerprint density at radius 2 is 1.67 bits per heavy atom. The second kappa shape index (κ2) is 10.8. The molecule has 0 radical (unpaired) electrons. The fourth-order valence-corrected chi connectivity index (χ4v) is 4.29. The van der Waals surface area contributed by atoms with Gasteiger partial charge in [-0.25, -0.2) is 9.29 Å². The minimum Gasteiger partial charge on any atom is -0.493 e. The minimum atomic E-state index is -1.01. The highest BCUT2D eigenvalue weighted by Gasteiger charge is 2.44. The van der Waals surface area contributed by atoms with Gasteiger partial charge >= 0.3 is 0 Å². The Kier molecular flexibility index (Phi) is 7.55. The Balaban J connectivity index is 1.63. The average molecular weight is 511 g/mol. The summed E-state index contributed by atoms with van der Waals surface area (Å²) in [7, 11) is 3.07. The van der Waals surface area contributed by atoms with Gasteiger partial charge in [0.2, 0.25) is 5.91 Å². The Morgan fingerprint density at radius 3 is 2.31 bits per heavy atom. The normalized spacial score (nSPS) is 15.2. The first-order valence-electron chi connectivity index (χ1n) is 11.2. The Hall–Kier alpha value is -3.91. The fraction of sp³-hybridized carbons (Fsp3) is 0.222. The maximum Gasteiger partial charge on any atom is 0.257 e. The lowest BCUT2D eigenvalue weighted by Gasteiger charge is -2.28. The zero-order valence-corrected chi connectivity index (χ0v) is 20.5. The SMILES string of the molecule is COc1ccc(CCN(C(=O)c2ccc(Cl)cc2)[C@@H]2CC(=O)N(c3ccc(F)cc3)C2=O)cc1OC. The lowest BCUT2D eigenvalue weighted by molar-refractivity contribution is -0.122. The smallest absolute Gasteiger partial charge is 0.257 e. The van der Waals surface area contributed by atoms with Gasteiger partial charge in [0.1, 0.15) is 11.9 Å². The molecule has 7 nitrogen and oxygen atoms in total. The van der Waals surface area contributed by atoms with Crippen molar-refractivity contribution in [1.82, 2.24) is 4.90 Å². The summed E-state index contributed by atoms with van der Waals surface area (Å²) in [6.07, 6.45) is 0.218. The van der Waals surface area contributed by atoms with Crippen molar-refractivity contribution in [2.24, 2.45) is 0 Å². The van der Waals surface area contributed by atoms with E-state index in [9.17, 15) is 18.8 Å². The highest BCUT2D eigenvalue weighted by Crippen LogP contribution is 2.30. The van der Waals surface area contributed by atoms with E-state index >= 15 is 0 Å². The maximum atomic E-state index is 13.5. The van der Waals surface area contributed by atoms with Gasteiger partial charge in [0.15, 0.2) is 11.5 Å². The standard InChI is InChI=1S/C27H24ClFN2O5/c1-35-23-12-3-17(15-24(23)36-2)13-14-30(26(33)18-4-6-19(28)7-5-18)22-16-25(32)31(27(22)34)21-10-8-20(29)9-11-21/h3-12,15,22H,13-14,16H2,1-2H3/t22-/m1/s1. The van der Waals surface area contributed by atoms with Crippen LogP contribution in [0.3, 0.4) is 0 Å². The predicted octanol–water partition coefficient (Wildman–Crippen LogP) is 4.51. The van der Waals surface area contributed by atoms with E-state index in [1.54, 1.807) is 43.5 Å². The molecule has 1 aliphatic heterocycles. The molecule has 0 aromatic heterocycles. The minimum absolute atomic E-state index is 0.165. The molecule has 0 bridgehead atoms. The zero-order chi connectivity index (χ0) is 25.8. The fourth-order valence-electron chi connectivity index (χ4n) is 4.16. The van der Waals surface area contributed by atoms with E-state index in [2.05, 4.69) is 0 Å². The van der Waals surface area contributed by atoms with Crippen molar-refractivity contribution < 1.29 is 28.2 Å². The third kappa shape index (κ3) is 5.18. The monoisotopic (exact) mass is 510 g/mol. The van der Waals surface area contributed by atoms with Gasteiger partial charge in [-0.05, 0) is 72.6 Å². The molecule has 186 valence electrons.